The highest BCUT2D eigenvalue weighted by Gasteiger charge is 2.39. The number of hydrogen-bond donors (Lipinski definition) is 1. The van der Waals surface area contributed by atoms with E-state index in [1.165, 1.54) is 0 Å². The van der Waals surface area contributed by atoms with Crippen LogP contribution < -0.4 is 5.32 Å². The minimum absolute atomic E-state index is 0.0911. The lowest BCUT2D eigenvalue weighted by Crippen LogP contribution is -2.21. The number of halogens is 3. The number of unbranched alkanes of at least 4 members (excludes halogenated alkanes) is 1. The van der Waals surface area contributed by atoms with Crippen molar-refractivity contribution in [2.24, 2.45) is 0 Å². The first kappa shape index (κ1) is 14.4. The van der Waals surface area contributed by atoms with Crippen LogP contribution in [0.1, 0.15) is 44.9 Å². The smallest absolute Gasteiger partial charge is 0.250 e. The fourth-order valence-corrected chi connectivity index (χ4v) is 2.34. The van der Waals surface area contributed by atoms with E-state index in [9.17, 15) is 8.78 Å². The molecule has 1 saturated carbocycles. The fraction of sp³-hybridized carbons (Fsp3) is 0.750. The van der Waals surface area contributed by atoms with Gasteiger partial charge in [0.15, 0.2) is 0 Å². The number of rotatable bonds is 5. The first-order valence-electron chi connectivity index (χ1n) is 6.53. The molecule has 1 aliphatic rings. The molecular formula is C12H17ClF2N4. The first-order valence-corrected chi connectivity index (χ1v) is 6.91. The molecule has 0 bridgehead atoms. The highest BCUT2D eigenvalue weighted by atomic mass is 35.5. The van der Waals surface area contributed by atoms with Crippen molar-refractivity contribution < 1.29 is 8.78 Å². The summed E-state index contributed by atoms with van der Waals surface area (Å²) >= 11 is 5.82. The second-order valence-electron chi connectivity index (χ2n) is 4.89. The van der Waals surface area contributed by atoms with Crippen molar-refractivity contribution in [2.45, 2.75) is 57.4 Å². The fourth-order valence-electron chi connectivity index (χ4n) is 2.16. The summed E-state index contributed by atoms with van der Waals surface area (Å²) in [6.07, 6.45) is 2.85. The summed E-state index contributed by atoms with van der Waals surface area (Å²) in [5, 5.41) is 3.03. The number of alkyl halides is 2. The van der Waals surface area contributed by atoms with Crippen LogP contribution in [0, 0.1) is 0 Å². The average molecular weight is 291 g/mol. The molecule has 7 heteroatoms. The highest BCUT2D eigenvalue weighted by molar-refractivity contribution is 6.28. The molecule has 1 atom stereocenters. The van der Waals surface area contributed by atoms with Crippen molar-refractivity contribution in [2.75, 3.05) is 5.32 Å². The van der Waals surface area contributed by atoms with E-state index in [4.69, 9.17) is 11.6 Å². The Labute approximate surface area is 116 Å². The van der Waals surface area contributed by atoms with Gasteiger partial charge in [-0.15, -0.1) is 0 Å². The maximum absolute atomic E-state index is 13.1. The molecule has 0 radical (unpaired) electrons. The highest BCUT2D eigenvalue weighted by Crippen LogP contribution is 2.35. The van der Waals surface area contributed by atoms with Crippen molar-refractivity contribution in [1.82, 2.24) is 15.0 Å². The van der Waals surface area contributed by atoms with E-state index in [2.05, 4.69) is 27.2 Å². The van der Waals surface area contributed by atoms with Crippen molar-refractivity contribution in [3.63, 3.8) is 0 Å². The molecule has 1 aliphatic carbocycles. The van der Waals surface area contributed by atoms with E-state index in [-0.39, 0.29) is 24.2 Å². The molecule has 0 saturated heterocycles. The van der Waals surface area contributed by atoms with Gasteiger partial charge in [0, 0.05) is 25.3 Å². The molecular weight excluding hydrogens is 274 g/mol. The van der Waals surface area contributed by atoms with Gasteiger partial charge < -0.3 is 5.32 Å². The quantitative estimate of drug-likeness (QED) is 0.902. The molecule has 2 rings (SSSR count). The zero-order valence-corrected chi connectivity index (χ0v) is 11.6. The van der Waals surface area contributed by atoms with Gasteiger partial charge in [-0.3, -0.25) is 0 Å². The number of hydrogen-bond acceptors (Lipinski definition) is 4. The number of nitrogens with zero attached hydrogens (tertiary/aromatic N) is 3. The molecule has 1 heterocycles. The summed E-state index contributed by atoms with van der Waals surface area (Å²) in [5.41, 5.74) is 0. The van der Waals surface area contributed by atoms with E-state index in [1.54, 1.807) is 0 Å². The van der Waals surface area contributed by atoms with Gasteiger partial charge in [-0.05, 0) is 24.4 Å². The van der Waals surface area contributed by atoms with E-state index >= 15 is 0 Å². The Morgan fingerprint density at radius 3 is 2.79 bits per heavy atom. The zero-order chi connectivity index (χ0) is 13.9. The Morgan fingerprint density at radius 1 is 1.37 bits per heavy atom. The maximum atomic E-state index is 13.1. The molecule has 1 fully saturated rings. The van der Waals surface area contributed by atoms with Crippen molar-refractivity contribution >= 4 is 17.5 Å². The normalized spacial score (nSPS) is 21.6. The van der Waals surface area contributed by atoms with E-state index in [1.807, 2.05) is 0 Å². The molecule has 19 heavy (non-hydrogen) atoms. The Bertz CT molecular complexity index is 442. The average Bonchev–Trinajstić information content (AvgIpc) is 2.65. The molecule has 0 amide bonds. The molecule has 0 spiro atoms. The van der Waals surface area contributed by atoms with Crippen LogP contribution in [0.2, 0.25) is 5.28 Å². The molecule has 0 aromatic carbocycles. The Kier molecular flexibility index (Phi) is 4.50. The van der Waals surface area contributed by atoms with Gasteiger partial charge in [-0.1, -0.05) is 13.3 Å². The lowest BCUT2D eigenvalue weighted by atomic mass is 10.2. The Balaban J connectivity index is 2.02. The zero-order valence-electron chi connectivity index (χ0n) is 10.8. The minimum atomic E-state index is -2.58. The Hall–Kier alpha value is -1.04. The van der Waals surface area contributed by atoms with Gasteiger partial charge in [0.25, 0.3) is 0 Å². The Morgan fingerprint density at radius 2 is 2.16 bits per heavy atom. The van der Waals surface area contributed by atoms with E-state index in [0.29, 0.717) is 24.6 Å². The SMILES string of the molecule is CCCCc1nc(Cl)nc(NC2CCC(F)(F)C2)n1. The summed E-state index contributed by atoms with van der Waals surface area (Å²) in [4.78, 5) is 12.2. The van der Waals surface area contributed by atoms with Gasteiger partial charge in [0.1, 0.15) is 5.82 Å². The molecule has 1 unspecified atom stereocenters. The monoisotopic (exact) mass is 290 g/mol. The van der Waals surface area contributed by atoms with Gasteiger partial charge in [-0.2, -0.15) is 9.97 Å². The number of aromatic nitrogens is 3. The molecule has 1 aromatic rings. The van der Waals surface area contributed by atoms with Gasteiger partial charge in [-0.25, -0.2) is 13.8 Å². The van der Waals surface area contributed by atoms with Crippen LogP contribution in [-0.2, 0) is 6.42 Å². The van der Waals surface area contributed by atoms with Crippen LogP contribution >= 0.6 is 11.6 Å². The molecule has 0 aliphatic heterocycles. The lowest BCUT2D eigenvalue weighted by molar-refractivity contribution is 0.00851. The number of anilines is 1. The second kappa shape index (κ2) is 5.94. The maximum Gasteiger partial charge on any atom is 0.250 e. The van der Waals surface area contributed by atoms with Crippen LogP contribution in [-0.4, -0.2) is 26.9 Å². The van der Waals surface area contributed by atoms with Crippen LogP contribution in [0.5, 0.6) is 0 Å². The first-order chi connectivity index (χ1) is 8.98. The van der Waals surface area contributed by atoms with Crippen LogP contribution in [0.25, 0.3) is 0 Å². The van der Waals surface area contributed by atoms with Crippen molar-refractivity contribution in [3.05, 3.63) is 11.1 Å². The third-order valence-corrected chi connectivity index (χ3v) is 3.31. The largest absolute Gasteiger partial charge is 0.351 e. The third-order valence-electron chi connectivity index (χ3n) is 3.15. The van der Waals surface area contributed by atoms with Crippen molar-refractivity contribution in [3.8, 4) is 0 Å². The summed E-state index contributed by atoms with van der Waals surface area (Å²) in [7, 11) is 0. The molecule has 4 nitrogen and oxygen atoms in total. The standard InChI is InChI=1S/C12H17ClF2N4/c1-2-3-4-9-17-10(13)19-11(18-9)16-8-5-6-12(14,15)7-8/h8H,2-7H2,1H3,(H,16,17,18,19). The van der Waals surface area contributed by atoms with Crippen molar-refractivity contribution in [1.29, 1.82) is 0 Å². The molecule has 1 aromatic heterocycles. The van der Waals surface area contributed by atoms with Gasteiger partial charge >= 0.3 is 0 Å². The molecule has 1 N–H and O–H groups in total. The molecule has 106 valence electrons. The number of aryl methyl sites for hydroxylation is 1. The van der Waals surface area contributed by atoms with Gasteiger partial charge in [0.05, 0.1) is 0 Å². The van der Waals surface area contributed by atoms with Gasteiger partial charge in [0.2, 0.25) is 17.2 Å². The van der Waals surface area contributed by atoms with E-state index < -0.39 is 5.92 Å². The number of nitrogens with one attached hydrogen (secondary N) is 1. The summed E-state index contributed by atoms with van der Waals surface area (Å²) in [5.74, 6) is -1.68. The van der Waals surface area contributed by atoms with Crippen LogP contribution in [0.3, 0.4) is 0 Å². The predicted octanol–water partition coefficient (Wildman–Crippen LogP) is 3.47. The predicted molar refractivity (Wildman–Crippen MR) is 69.7 cm³/mol. The summed E-state index contributed by atoms with van der Waals surface area (Å²) in [6.45, 7) is 2.07. The summed E-state index contributed by atoms with van der Waals surface area (Å²) in [6, 6.07) is -0.299. The minimum Gasteiger partial charge on any atom is -0.351 e. The topological polar surface area (TPSA) is 50.7 Å². The van der Waals surface area contributed by atoms with Crippen LogP contribution in [0.4, 0.5) is 14.7 Å². The van der Waals surface area contributed by atoms with Crippen LogP contribution in [0.15, 0.2) is 0 Å². The lowest BCUT2D eigenvalue weighted by Gasteiger charge is -2.13. The third kappa shape index (κ3) is 4.23. The summed E-state index contributed by atoms with van der Waals surface area (Å²) < 4.78 is 26.2. The van der Waals surface area contributed by atoms with E-state index in [0.717, 1.165) is 12.8 Å². The second-order valence-corrected chi connectivity index (χ2v) is 5.23.